The normalized spacial score (nSPS) is 22.2. The summed E-state index contributed by atoms with van der Waals surface area (Å²) in [6.07, 6.45) is 4.26. The van der Waals surface area contributed by atoms with Gasteiger partial charge in [-0.2, -0.15) is 0 Å². The van der Waals surface area contributed by atoms with Crippen molar-refractivity contribution in [3.8, 4) is 5.75 Å². The SMILES string of the molecule is CCC(Oc1ccc(F)cc1)N1CC[CH]C(OC)C1. The number of rotatable bonds is 5. The summed E-state index contributed by atoms with van der Waals surface area (Å²) in [5.41, 5.74) is 0. The molecule has 0 aromatic heterocycles. The van der Waals surface area contributed by atoms with E-state index >= 15 is 0 Å². The van der Waals surface area contributed by atoms with Gasteiger partial charge in [-0.15, -0.1) is 0 Å². The summed E-state index contributed by atoms with van der Waals surface area (Å²) in [5.74, 6) is 0.462. The smallest absolute Gasteiger partial charge is 0.152 e. The molecule has 1 aliphatic heterocycles. The Morgan fingerprint density at radius 2 is 2.11 bits per heavy atom. The van der Waals surface area contributed by atoms with Gasteiger partial charge in [-0.25, -0.2) is 4.39 Å². The van der Waals surface area contributed by atoms with Crippen LogP contribution in [0.1, 0.15) is 19.8 Å². The number of hydrogen-bond acceptors (Lipinski definition) is 3. The fourth-order valence-electron chi connectivity index (χ4n) is 2.34. The maximum Gasteiger partial charge on any atom is 0.152 e. The summed E-state index contributed by atoms with van der Waals surface area (Å²) >= 11 is 0. The lowest BCUT2D eigenvalue weighted by atomic mass is 10.1. The summed E-state index contributed by atoms with van der Waals surface area (Å²) < 4.78 is 24.2. The lowest BCUT2D eigenvalue weighted by Gasteiger charge is -2.37. The number of piperidine rings is 1. The standard InChI is InChI=1S/C15H21FNO2/c1-3-15(17-10-4-5-14(11-17)18-2)19-13-8-6-12(16)7-9-13/h5-9,14-15H,3-4,10-11H2,1-2H3. The molecule has 2 unspecified atom stereocenters. The summed E-state index contributed by atoms with van der Waals surface area (Å²) in [6.45, 7) is 3.91. The van der Waals surface area contributed by atoms with Crippen LogP contribution in [0.5, 0.6) is 5.75 Å². The average molecular weight is 266 g/mol. The number of nitrogens with zero attached hydrogens (tertiary/aromatic N) is 1. The lowest BCUT2D eigenvalue weighted by molar-refractivity contribution is -0.0260. The molecule has 0 saturated carbocycles. The van der Waals surface area contributed by atoms with Crippen molar-refractivity contribution in [1.82, 2.24) is 4.90 Å². The van der Waals surface area contributed by atoms with Crippen LogP contribution in [0.3, 0.4) is 0 Å². The Hall–Kier alpha value is -1.13. The minimum absolute atomic E-state index is 0.0109. The first-order chi connectivity index (χ1) is 9.22. The first-order valence-electron chi connectivity index (χ1n) is 6.75. The van der Waals surface area contributed by atoms with Gasteiger partial charge in [-0.3, -0.25) is 4.90 Å². The van der Waals surface area contributed by atoms with Crippen LogP contribution in [0.2, 0.25) is 0 Å². The van der Waals surface area contributed by atoms with Crippen LogP contribution in [0.15, 0.2) is 24.3 Å². The minimum Gasteiger partial charge on any atom is -0.475 e. The number of benzene rings is 1. The molecular formula is C15H21FNO2. The van der Waals surface area contributed by atoms with Crippen molar-refractivity contribution in [1.29, 1.82) is 0 Å². The molecule has 1 radical (unpaired) electrons. The summed E-state index contributed by atoms with van der Waals surface area (Å²) in [4.78, 5) is 2.28. The van der Waals surface area contributed by atoms with Crippen LogP contribution in [0.4, 0.5) is 4.39 Å². The Morgan fingerprint density at radius 1 is 1.37 bits per heavy atom. The van der Waals surface area contributed by atoms with E-state index in [-0.39, 0.29) is 18.1 Å². The van der Waals surface area contributed by atoms with Gasteiger partial charge in [0.1, 0.15) is 11.6 Å². The van der Waals surface area contributed by atoms with Gasteiger partial charge < -0.3 is 9.47 Å². The van der Waals surface area contributed by atoms with E-state index in [4.69, 9.17) is 9.47 Å². The third-order valence-electron chi connectivity index (χ3n) is 3.41. The highest BCUT2D eigenvalue weighted by Gasteiger charge is 2.26. The van der Waals surface area contributed by atoms with Crippen LogP contribution in [-0.2, 0) is 4.74 Å². The minimum atomic E-state index is -0.243. The summed E-state index contributed by atoms with van der Waals surface area (Å²) in [6, 6.07) is 6.18. The Labute approximate surface area is 114 Å². The Kier molecular flexibility index (Phi) is 5.16. The van der Waals surface area contributed by atoms with E-state index in [0.29, 0.717) is 5.75 Å². The Morgan fingerprint density at radius 3 is 2.74 bits per heavy atom. The number of halogens is 1. The molecule has 3 nitrogen and oxygen atoms in total. The second kappa shape index (κ2) is 6.87. The quantitative estimate of drug-likeness (QED) is 0.818. The van der Waals surface area contributed by atoms with Crippen molar-refractivity contribution >= 4 is 0 Å². The zero-order valence-corrected chi connectivity index (χ0v) is 11.5. The first-order valence-corrected chi connectivity index (χ1v) is 6.75. The van der Waals surface area contributed by atoms with Gasteiger partial charge in [0.2, 0.25) is 0 Å². The van der Waals surface area contributed by atoms with Crippen molar-refractivity contribution in [2.45, 2.75) is 32.1 Å². The molecule has 4 heteroatoms. The molecule has 1 aromatic carbocycles. The zero-order valence-electron chi connectivity index (χ0n) is 11.5. The molecule has 1 fully saturated rings. The molecule has 19 heavy (non-hydrogen) atoms. The molecule has 0 N–H and O–H groups in total. The number of hydrogen-bond donors (Lipinski definition) is 0. The molecule has 1 aliphatic rings. The largest absolute Gasteiger partial charge is 0.475 e. The molecule has 2 atom stereocenters. The zero-order chi connectivity index (χ0) is 13.7. The molecule has 1 saturated heterocycles. The third kappa shape index (κ3) is 3.91. The number of likely N-dealkylation sites (tertiary alicyclic amines) is 1. The van der Waals surface area contributed by atoms with E-state index in [1.54, 1.807) is 19.2 Å². The van der Waals surface area contributed by atoms with Crippen molar-refractivity contribution < 1.29 is 13.9 Å². The van der Waals surface area contributed by atoms with Gasteiger partial charge in [0, 0.05) is 20.2 Å². The van der Waals surface area contributed by atoms with Gasteiger partial charge in [-0.1, -0.05) is 6.92 Å². The monoisotopic (exact) mass is 266 g/mol. The predicted octanol–water partition coefficient (Wildman–Crippen LogP) is 2.87. The second-order valence-electron chi connectivity index (χ2n) is 4.73. The van der Waals surface area contributed by atoms with Gasteiger partial charge in [0.15, 0.2) is 6.23 Å². The molecule has 1 aromatic rings. The van der Waals surface area contributed by atoms with Gasteiger partial charge >= 0.3 is 0 Å². The van der Waals surface area contributed by atoms with Crippen LogP contribution >= 0.6 is 0 Å². The van der Waals surface area contributed by atoms with Crippen molar-refractivity contribution in [3.05, 3.63) is 36.5 Å². The molecule has 1 heterocycles. The van der Waals surface area contributed by atoms with E-state index in [1.807, 2.05) is 0 Å². The maximum atomic E-state index is 12.9. The molecule has 105 valence electrons. The van der Waals surface area contributed by atoms with Crippen LogP contribution < -0.4 is 4.74 Å². The predicted molar refractivity (Wildman–Crippen MR) is 72.4 cm³/mol. The lowest BCUT2D eigenvalue weighted by Crippen LogP contribution is -2.47. The van der Waals surface area contributed by atoms with E-state index in [0.717, 1.165) is 25.9 Å². The Bertz CT molecular complexity index is 382. The molecule has 0 spiro atoms. The van der Waals surface area contributed by atoms with Crippen molar-refractivity contribution in [2.75, 3.05) is 20.2 Å². The first kappa shape index (κ1) is 14.3. The van der Waals surface area contributed by atoms with E-state index in [2.05, 4.69) is 18.2 Å². The average Bonchev–Trinajstić information content (AvgIpc) is 2.46. The van der Waals surface area contributed by atoms with Gasteiger partial charge in [0.05, 0.1) is 6.10 Å². The fraction of sp³-hybridized carbons (Fsp3) is 0.533. The summed E-state index contributed by atoms with van der Waals surface area (Å²) in [7, 11) is 1.73. The number of ether oxygens (including phenoxy) is 2. The van der Waals surface area contributed by atoms with E-state index in [9.17, 15) is 4.39 Å². The molecule has 0 aliphatic carbocycles. The molecule has 0 bridgehead atoms. The van der Waals surface area contributed by atoms with Gasteiger partial charge in [0.25, 0.3) is 0 Å². The molecule has 2 rings (SSSR count). The molecular weight excluding hydrogens is 245 g/mol. The van der Waals surface area contributed by atoms with E-state index in [1.165, 1.54) is 12.1 Å². The Balaban J connectivity index is 1.97. The van der Waals surface area contributed by atoms with Crippen LogP contribution in [0, 0.1) is 12.2 Å². The van der Waals surface area contributed by atoms with Crippen molar-refractivity contribution in [2.24, 2.45) is 0 Å². The fourth-order valence-corrected chi connectivity index (χ4v) is 2.34. The topological polar surface area (TPSA) is 21.7 Å². The van der Waals surface area contributed by atoms with Gasteiger partial charge in [-0.05, 0) is 43.5 Å². The highest BCUT2D eigenvalue weighted by atomic mass is 19.1. The number of methoxy groups -OCH3 is 1. The summed E-state index contributed by atoms with van der Waals surface area (Å²) in [5, 5.41) is 0. The van der Waals surface area contributed by atoms with E-state index < -0.39 is 0 Å². The van der Waals surface area contributed by atoms with Crippen molar-refractivity contribution in [3.63, 3.8) is 0 Å². The highest BCUT2D eigenvalue weighted by Crippen LogP contribution is 2.20. The van der Waals surface area contributed by atoms with Crippen LogP contribution in [0.25, 0.3) is 0 Å². The highest BCUT2D eigenvalue weighted by molar-refractivity contribution is 5.22. The third-order valence-corrected chi connectivity index (χ3v) is 3.41. The van der Waals surface area contributed by atoms with Crippen LogP contribution in [-0.4, -0.2) is 37.4 Å². The second-order valence-corrected chi connectivity index (χ2v) is 4.73. The molecule has 0 amide bonds. The maximum absolute atomic E-state index is 12.9.